The van der Waals surface area contributed by atoms with Crippen molar-refractivity contribution in [3.8, 4) is 5.75 Å². The highest BCUT2D eigenvalue weighted by molar-refractivity contribution is 9.10. The highest BCUT2D eigenvalue weighted by atomic mass is 79.9. The summed E-state index contributed by atoms with van der Waals surface area (Å²) in [5.74, 6) is 0.320. The van der Waals surface area contributed by atoms with Gasteiger partial charge in [0.1, 0.15) is 12.5 Å². The number of amides is 4. The number of imide groups is 1. The van der Waals surface area contributed by atoms with Gasteiger partial charge in [-0.15, -0.1) is 0 Å². The molecule has 0 aliphatic carbocycles. The molecule has 197 valence electrons. The molecular weight excluding hydrogens is 557 g/mol. The first-order valence-electron chi connectivity index (χ1n) is 11.9. The zero-order chi connectivity index (χ0) is 27.0. The number of halogens is 1. The van der Waals surface area contributed by atoms with Crippen molar-refractivity contribution < 1.29 is 28.4 Å². The predicted octanol–water partition coefficient (Wildman–Crippen LogP) is 4.19. The number of carbonyl (C=O) groups excluding carboxylic acids is 3. The summed E-state index contributed by atoms with van der Waals surface area (Å²) >= 11 is 3.43. The predicted molar refractivity (Wildman–Crippen MR) is 147 cm³/mol. The molecule has 0 aromatic heterocycles. The topological polar surface area (TPSA) is 97.4 Å². The number of carbonyl (C=O) groups is 3. The summed E-state index contributed by atoms with van der Waals surface area (Å²) in [4.78, 5) is 40.5. The number of nitrogens with one attached hydrogen (secondary N) is 1. The molecule has 1 N–H and O–H groups in total. The maximum atomic E-state index is 13.2. The number of hydrogen-bond acceptors (Lipinski definition) is 6. The molecule has 1 aliphatic heterocycles. The summed E-state index contributed by atoms with van der Waals surface area (Å²) in [7, 11) is 1.36. The van der Waals surface area contributed by atoms with E-state index in [4.69, 9.17) is 14.0 Å². The van der Waals surface area contributed by atoms with E-state index >= 15 is 0 Å². The molecule has 4 amide bonds. The fraction of sp³-hybridized carbons (Fsp3) is 0.400. The molecule has 0 saturated carbocycles. The number of nitrogens with zero attached hydrogens (tertiary/aromatic N) is 2. The van der Waals surface area contributed by atoms with Gasteiger partial charge < -0.3 is 24.3 Å². The Labute approximate surface area is 227 Å². The van der Waals surface area contributed by atoms with Crippen molar-refractivity contribution in [3.05, 3.63) is 63.6 Å². The van der Waals surface area contributed by atoms with Crippen LogP contribution in [0.2, 0.25) is 25.7 Å². The maximum absolute atomic E-state index is 13.2. The van der Waals surface area contributed by atoms with Crippen LogP contribution >= 0.6 is 15.9 Å². The third-order valence-electron chi connectivity index (χ3n) is 5.83. The van der Waals surface area contributed by atoms with Crippen LogP contribution in [-0.4, -0.2) is 70.9 Å². The van der Waals surface area contributed by atoms with Crippen LogP contribution in [0.4, 0.5) is 4.79 Å². The average molecular weight is 589 g/mol. The van der Waals surface area contributed by atoms with E-state index in [1.54, 1.807) is 17.0 Å². The van der Waals surface area contributed by atoms with Gasteiger partial charge in [0.2, 0.25) is 6.41 Å². The molecule has 12 heteroatoms. The minimum Gasteiger partial charge on any atom is -0.537 e. The Morgan fingerprint density at radius 2 is 1.97 bits per heavy atom. The molecule has 1 radical (unpaired) electrons. The lowest BCUT2D eigenvalue weighted by Crippen LogP contribution is -2.45. The summed E-state index contributed by atoms with van der Waals surface area (Å²) in [6.45, 7) is 7.64. The van der Waals surface area contributed by atoms with Gasteiger partial charge in [-0.05, 0) is 41.4 Å². The van der Waals surface area contributed by atoms with Crippen molar-refractivity contribution >= 4 is 50.0 Å². The summed E-state index contributed by atoms with van der Waals surface area (Å²) < 4.78 is 16.6. The normalized spacial score (nSPS) is 13.6. The van der Waals surface area contributed by atoms with Crippen LogP contribution in [0, 0.1) is 0 Å². The van der Waals surface area contributed by atoms with E-state index < -0.39 is 20.1 Å². The maximum Gasteiger partial charge on any atom is 0.572 e. The molecule has 0 saturated heterocycles. The lowest BCUT2D eigenvalue weighted by Gasteiger charge is -2.27. The van der Waals surface area contributed by atoms with Crippen LogP contribution in [0.3, 0.4) is 0 Å². The van der Waals surface area contributed by atoms with E-state index in [0.29, 0.717) is 30.9 Å². The second-order valence-corrected chi connectivity index (χ2v) is 16.5. The van der Waals surface area contributed by atoms with Crippen molar-refractivity contribution in [2.45, 2.75) is 38.3 Å². The Morgan fingerprint density at radius 1 is 1.24 bits per heavy atom. The smallest absolute Gasteiger partial charge is 0.537 e. The number of hydrogen-bond donors (Lipinski definition) is 1. The van der Waals surface area contributed by atoms with Gasteiger partial charge in [-0.1, -0.05) is 53.8 Å². The Balaban J connectivity index is 1.71. The summed E-state index contributed by atoms with van der Waals surface area (Å²) in [5.41, 5.74) is 2.19. The fourth-order valence-corrected chi connectivity index (χ4v) is 4.75. The van der Waals surface area contributed by atoms with Crippen LogP contribution < -0.4 is 9.97 Å². The van der Waals surface area contributed by atoms with Crippen LogP contribution in [0.5, 0.6) is 5.75 Å². The first-order valence-corrected chi connectivity index (χ1v) is 16.4. The zero-order valence-corrected chi connectivity index (χ0v) is 24.1. The quantitative estimate of drug-likeness (QED) is 0.163. The van der Waals surface area contributed by atoms with Gasteiger partial charge in [0.25, 0.3) is 5.91 Å². The molecule has 0 bridgehead atoms. The summed E-state index contributed by atoms with van der Waals surface area (Å²) in [6.07, 6.45) is 0.456. The van der Waals surface area contributed by atoms with Crippen molar-refractivity contribution in [2.75, 3.05) is 27.0 Å². The van der Waals surface area contributed by atoms with Crippen LogP contribution in [0.25, 0.3) is 0 Å². The molecule has 1 heterocycles. The summed E-state index contributed by atoms with van der Waals surface area (Å²) in [6, 6.07) is 12.5. The van der Waals surface area contributed by atoms with Gasteiger partial charge in [-0.2, -0.15) is 0 Å². The summed E-state index contributed by atoms with van der Waals surface area (Å²) in [5, 5.41) is 2.90. The molecule has 0 spiro atoms. The van der Waals surface area contributed by atoms with Gasteiger partial charge in [0.05, 0.1) is 6.04 Å². The van der Waals surface area contributed by atoms with Crippen LogP contribution in [0.15, 0.2) is 46.9 Å². The van der Waals surface area contributed by atoms with E-state index in [-0.39, 0.29) is 19.2 Å². The Hall–Kier alpha value is -2.67. The number of urea groups is 1. The van der Waals surface area contributed by atoms with Crippen molar-refractivity contribution in [1.82, 2.24) is 15.1 Å². The number of rotatable bonds is 13. The zero-order valence-electron chi connectivity index (χ0n) is 21.5. The monoisotopic (exact) mass is 588 g/mol. The molecule has 2 aromatic carbocycles. The van der Waals surface area contributed by atoms with E-state index in [1.165, 1.54) is 14.8 Å². The van der Waals surface area contributed by atoms with Gasteiger partial charge in [0.15, 0.2) is 0 Å². The number of benzene rings is 2. The SMILES string of the molecule is CO[B]Oc1ccc2c(c1)C(=O)N(C[C@H](NC(=O)N(C=O)COCC[Si](C)(C)C)c1ccc(Br)cc1)C2. The molecule has 0 unspecified atom stereocenters. The molecule has 3 rings (SSSR count). The highest BCUT2D eigenvalue weighted by Crippen LogP contribution is 2.29. The van der Waals surface area contributed by atoms with Crippen molar-refractivity contribution in [3.63, 3.8) is 0 Å². The molecule has 0 fully saturated rings. The van der Waals surface area contributed by atoms with E-state index in [1.807, 2.05) is 30.3 Å². The molecule has 37 heavy (non-hydrogen) atoms. The number of ether oxygens (including phenoxy) is 1. The van der Waals surface area contributed by atoms with Crippen molar-refractivity contribution in [2.24, 2.45) is 0 Å². The van der Waals surface area contributed by atoms with Gasteiger partial charge in [-0.25, -0.2) is 9.69 Å². The standard InChI is InChI=1S/C25H32BBrN3O6Si/c1-34-26-36-21-10-7-19-14-29(24(32)22(19)13-21)15-23(18-5-8-20(27)9-6-18)28-25(33)30(16-31)17-35-11-12-37(2,3)4/h5-10,13,16,23H,11-12,14-15,17H2,1-4H3,(H,28,33)/t23-/m0/s1. The average Bonchev–Trinajstić information content (AvgIpc) is 3.16. The highest BCUT2D eigenvalue weighted by Gasteiger charge is 2.31. The minimum absolute atomic E-state index is 0.137. The molecular formula is C25H32BBrN3O6Si. The third-order valence-corrected chi connectivity index (χ3v) is 8.06. The molecule has 1 atom stereocenters. The molecule has 9 nitrogen and oxygen atoms in total. The Kier molecular flexibility index (Phi) is 10.3. The first kappa shape index (κ1) is 28.9. The van der Waals surface area contributed by atoms with Crippen molar-refractivity contribution in [1.29, 1.82) is 0 Å². The lowest BCUT2D eigenvalue weighted by molar-refractivity contribution is -0.119. The lowest BCUT2D eigenvalue weighted by atomic mass is 10.1. The minimum atomic E-state index is -1.30. The Morgan fingerprint density at radius 3 is 2.62 bits per heavy atom. The third kappa shape index (κ3) is 8.42. The van der Waals surface area contributed by atoms with Gasteiger partial charge >= 0.3 is 13.7 Å². The fourth-order valence-electron chi connectivity index (χ4n) is 3.72. The number of fused-ring (bicyclic) bond motifs is 1. The molecule has 1 aliphatic rings. The van der Waals surface area contributed by atoms with Crippen LogP contribution in [0.1, 0.15) is 27.5 Å². The van der Waals surface area contributed by atoms with E-state index in [2.05, 4.69) is 40.9 Å². The first-order chi connectivity index (χ1) is 17.6. The van der Waals surface area contributed by atoms with Crippen LogP contribution in [-0.2, 0) is 20.7 Å². The second kappa shape index (κ2) is 13.2. The second-order valence-electron chi connectivity index (χ2n) is 9.93. The molecule has 2 aromatic rings. The Bertz CT molecular complexity index is 1100. The largest absolute Gasteiger partial charge is 0.572 e. The van der Waals surface area contributed by atoms with Gasteiger partial charge in [-0.3, -0.25) is 9.59 Å². The van der Waals surface area contributed by atoms with Gasteiger partial charge in [0, 0.05) is 44.9 Å². The van der Waals surface area contributed by atoms with E-state index in [0.717, 1.165) is 26.5 Å². The van der Waals surface area contributed by atoms with E-state index in [9.17, 15) is 14.4 Å².